The van der Waals surface area contributed by atoms with Gasteiger partial charge in [0.1, 0.15) is 5.75 Å². The van der Waals surface area contributed by atoms with E-state index < -0.39 is 12.0 Å². The van der Waals surface area contributed by atoms with E-state index in [2.05, 4.69) is 5.32 Å². The molecule has 114 valence electrons. The second-order valence-electron chi connectivity index (χ2n) is 5.55. The molecule has 4 heteroatoms. The number of aliphatic hydroxyl groups is 1. The van der Waals surface area contributed by atoms with Crippen molar-refractivity contribution in [1.29, 1.82) is 0 Å². The van der Waals surface area contributed by atoms with Crippen molar-refractivity contribution in [2.45, 2.75) is 18.9 Å². The van der Waals surface area contributed by atoms with E-state index in [9.17, 15) is 9.90 Å². The van der Waals surface area contributed by atoms with Crippen LogP contribution in [0.1, 0.15) is 24.5 Å². The summed E-state index contributed by atoms with van der Waals surface area (Å²) in [6, 6.07) is 16.2. The zero-order valence-corrected chi connectivity index (χ0v) is 12.2. The van der Waals surface area contributed by atoms with Crippen molar-refractivity contribution >= 4 is 11.6 Å². The van der Waals surface area contributed by atoms with Crippen molar-refractivity contribution in [2.24, 2.45) is 5.92 Å². The summed E-state index contributed by atoms with van der Waals surface area (Å²) in [7, 11) is 0. The number of carbonyl (C=O) groups is 1. The normalized spacial score (nSPS) is 15.1. The van der Waals surface area contributed by atoms with Gasteiger partial charge in [0.25, 0.3) is 5.91 Å². The van der Waals surface area contributed by atoms with Gasteiger partial charge in [-0.2, -0.15) is 0 Å². The van der Waals surface area contributed by atoms with Crippen LogP contribution in [-0.2, 0) is 4.79 Å². The van der Waals surface area contributed by atoms with Crippen molar-refractivity contribution < 1.29 is 14.6 Å². The third kappa shape index (κ3) is 3.65. The van der Waals surface area contributed by atoms with Gasteiger partial charge in [-0.1, -0.05) is 42.5 Å². The predicted octanol–water partition coefficient (Wildman–Crippen LogP) is 3.15. The quantitative estimate of drug-likeness (QED) is 0.861. The summed E-state index contributed by atoms with van der Waals surface area (Å²) in [5.74, 6) is 0.815. The molecule has 1 amide bonds. The molecule has 2 aromatic rings. The molecule has 0 spiro atoms. The van der Waals surface area contributed by atoms with E-state index in [1.54, 1.807) is 30.3 Å². The highest BCUT2D eigenvalue weighted by atomic mass is 16.5. The predicted molar refractivity (Wildman–Crippen MR) is 84.7 cm³/mol. The minimum atomic E-state index is -1.20. The smallest absolute Gasteiger partial charge is 0.257 e. The molecule has 0 aliphatic heterocycles. The molecule has 22 heavy (non-hydrogen) atoms. The summed E-state index contributed by atoms with van der Waals surface area (Å²) in [4.78, 5) is 12.2. The minimum Gasteiger partial charge on any atom is -0.491 e. The molecule has 1 fully saturated rings. The van der Waals surface area contributed by atoms with Gasteiger partial charge in [0.15, 0.2) is 6.10 Å². The number of rotatable bonds is 6. The van der Waals surface area contributed by atoms with E-state index in [1.165, 1.54) is 12.8 Å². The molecule has 0 saturated heterocycles. The summed E-state index contributed by atoms with van der Waals surface area (Å²) in [6.07, 6.45) is 1.22. The molecule has 1 aliphatic carbocycles. The number of amides is 1. The van der Waals surface area contributed by atoms with Gasteiger partial charge in [-0.3, -0.25) is 4.79 Å². The zero-order valence-electron chi connectivity index (χ0n) is 12.2. The number of nitrogens with one attached hydrogen (secondary N) is 1. The topological polar surface area (TPSA) is 58.6 Å². The van der Waals surface area contributed by atoms with Gasteiger partial charge in [0.05, 0.1) is 12.3 Å². The average Bonchev–Trinajstić information content (AvgIpc) is 3.38. The molecule has 1 saturated carbocycles. The average molecular weight is 297 g/mol. The lowest BCUT2D eigenvalue weighted by molar-refractivity contribution is -0.124. The van der Waals surface area contributed by atoms with Crippen molar-refractivity contribution in [3.8, 4) is 5.75 Å². The van der Waals surface area contributed by atoms with Crippen LogP contribution in [0.5, 0.6) is 5.75 Å². The van der Waals surface area contributed by atoms with E-state index in [1.807, 2.05) is 24.3 Å². The Labute approximate surface area is 129 Å². The fourth-order valence-electron chi connectivity index (χ4n) is 2.18. The van der Waals surface area contributed by atoms with Gasteiger partial charge in [-0.25, -0.2) is 0 Å². The Kier molecular flexibility index (Phi) is 4.39. The van der Waals surface area contributed by atoms with E-state index in [-0.39, 0.29) is 0 Å². The monoisotopic (exact) mass is 297 g/mol. The SMILES string of the molecule is O=C(Nc1ccccc1OCC1CC1)C(O)c1ccccc1. The Morgan fingerprint density at radius 3 is 2.55 bits per heavy atom. The second-order valence-corrected chi connectivity index (χ2v) is 5.55. The van der Waals surface area contributed by atoms with Crippen LogP contribution in [-0.4, -0.2) is 17.6 Å². The van der Waals surface area contributed by atoms with Gasteiger partial charge < -0.3 is 15.2 Å². The number of carbonyl (C=O) groups excluding carboxylic acids is 1. The first-order valence-corrected chi connectivity index (χ1v) is 7.50. The zero-order chi connectivity index (χ0) is 15.4. The third-order valence-corrected chi connectivity index (χ3v) is 3.68. The van der Waals surface area contributed by atoms with E-state index in [0.717, 1.165) is 0 Å². The molecule has 0 heterocycles. The maximum atomic E-state index is 12.2. The highest BCUT2D eigenvalue weighted by Crippen LogP contribution is 2.32. The van der Waals surface area contributed by atoms with Crippen LogP contribution in [0.2, 0.25) is 0 Å². The number of para-hydroxylation sites is 2. The van der Waals surface area contributed by atoms with Crippen LogP contribution in [0.3, 0.4) is 0 Å². The largest absolute Gasteiger partial charge is 0.491 e. The van der Waals surface area contributed by atoms with Crippen molar-refractivity contribution in [2.75, 3.05) is 11.9 Å². The van der Waals surface area contributed by atoms with Crippen LogP contribution in [0.25, 0.3) is 0 Å². The molecule has 3 rings (SSSR count). The molecular weight excluding hydrogens is 278 g/mol. The van der Waals surface area contributed by atoms with Gasteiger partial charge >= 0.3 is 0 Å². The summed E-state index contributed by atoms with van der Waals surface area (Å²) < 4.78 is 5.75. The molecule has 2 aromatic carbocycles. The van der Waals surface area contributed by atoms with E-state index in [0.29, 0.717) is 29.5 Å². The Morgan fingerprint density at radius 2 is 1.82 bits per heavy atom. The lowest BCUT2D eigenvalue weighted by Crippen LogP contribution is -2.21. The third-order valence-electron chi connectivity index (χ3n) is 3.68. The number of benzene rings is 2. The molecule has 4 nitrogen and oxygen atoms in total. The maximum Gasteiger partial charge on any atom is 0.257 e. The molecule has 0 aromatic heterocycles. The standard InChI is InChI=1S/C18H19NO3/c20-17(14-6-2-1-3-7-14)18(21)19-15-8-4-5-9-16(15)22-12-13-10-11-13/h1-9,13,17,20H,10-12H2,(H,19,21). The molecular formula is C18H19NO3. The van der Waals surface area contributed by atoms with Crippen LogP contribution < -0.4 is 10.1 Å². The van der Waals surface area contributed by atoms with Crippen LogP contribution in [0.4, 0.5) is 5.69 Å². The molecule has 1 atom stereocenters. The number of ether oxygens (including phenoxy) is 1. The van der Waals surface area contributed by atoms with Crippen LogP contribution in [0, 0.1) is 5.92 Å². The Hall–Kier alpha value is -2.33. The number of aliphatic hydroxyl groups excluding tert-OH is 1. The Balaban J connectivity index is 1.67. The van der Waals surface area contributed by atoms with E-state index >= 15 is 0 Å². The fraction of sp³-hybridized carbons (Fsp3) is 0.278. The Morgan fingerprint density at radius 1 is 1.14 bits per heavy atom. The van der Waals surface area contributed by atoms with Gasteiger partial charge in [-0.15, -0.1) is 0 Å². The van der Waals surface area contributed by atoms with Crippen molar-refractivity contribution in [3.05, 3.63) is 60.2 Å². The molecule has 0 radical (unpaired) electrons. The van der Waals surface area contributed by atoms with Gasteiger partial charge in [0, 0.05) is 0 Å². The molecule has 1 unspecified atom stereocenters. The fourth-order valence-corrected chi connectivity index (χ4v) is 2.18. The Bertz CT molecular complexity index is 638. The van der Waals surface area contributed by atoms with Crippen LogP contribution >= 0.6 is 0 Å². The molecule has 2 N–H and O–H groups in total. The maximum absolute atomic E-state index is 12.2. The summed E-state index contributed by atoms with van der Waals surface area (Å²) >= 11 is 0. The lowest BCUT2D eigenvalue weighted by atomic mass is 10.1. The first-order valence-electron chi connectivity index (χ1n) is 7.50. The first kappa shape index (κ1) is 14.6. The molecule has 1 aliphatic rings. The number of hydrogen-bond donors (Lipinski definition) is 2. The highest BCUT2D eigenvalue weighted by molar-refractivity contribution is 5.95. The summed E-state index contributed by atoms with van der Waals surface area (Å²) in [5, 5.41) is 12.9. The highest BCUT2D eigenvalue weighted by Gasteiger charge is 2.23. The number of anilines is 1. The van der Waals surface area contributed by atoms with Gasteiger partial charge in [-0.05, 0) is 36.5 Å². The minimum absolute atomic E-state index is 0.464. The first-order chi connectivity index (χ1) is 10.7. The summed E-state index contributed by atoms with van der Waals surface area (Å²) in [6.45, 7) is 0.675. The van der Waals surface area contributed by atoms with Crippen molar-refractivity contribution in [1.82, 2.24) is 0 Å². The lowest BCUT2D eigenvalue weighted by Gasteiger charge is -2.15. The van der Waals surface area contributed by atoms with Crippen LogP contribution in [0.15, 0.2) is 54.6 Å². The molecule has 0 bridgehead atoms. The summed E-state index contributed by atoms with van der Waals surface area (Å²) in [5.41, 5.74) is 1.15. The van der Waals surface area contributed by atoms with E-state index in [4.69, 9.17) is 4.74 Å². The van der Waals surface area contributed by atoms with Crippen molar-refractivity contribution in [3.63, 3.8) is 0 Å². The number of hydrogen-bond acceptors (Lipinski definition) is 3. The van der Waals surface area contributed by atoms with Gasteiger partial charge in [0.2, 0.25) is 0 Å². The second kappa shape index (κ2) is 6.62.